The van der Waals surface area contributed by atoms with Gasteiger partial charge in [0.1, 0.15) is 0 Å². The molecule has 20 heavy (non-hydrogen) atoms. The minimum absolute atomic E-state index is 0.742. The number of aromatic nitrogens is 1. The number of hydrogen-bond donors (Lipinski definition) is 2. The van der Waals surface area contributed by atoms with Crippen molar-refractivity contribution in [3.05, 3.63) is 39.4 Å². The molecule has 0 radical (unpaired) electrons. The molecule has 1 aromatic carbocycles. The summed E-state index contributed by atoms with van der Waals surface area (Å²) in [6, 6.07) is 4.09. The molecule has 5 heteroatoms. The van der Waals surface area contributed by atoms with Crippen LogP contribution in [0.2, 0.25) is 5.02 Å². The summed E-state index contributed by atoms with van der Waals surface area (Å²) in [5, 5.41) is 10.4. The first kappa shape index (κ1) is 15.3. The van der Waals surface area contributed by atoms with Crippen LogP contribution in [0.3, 0.4) is 0 Å². The molecule has 0 bridgehead atoms. The van der Waals surface area contributed by atoms with Crippen LogP contribution in [0.1, 0.15) is 23.7 Å². The molecule has 0 aliphatic carbocycles. The van der Waals surface area contributed by atoms with Gasteiger partial charge in [-0.2, -0.15) is 0 Å². The Morgan fingerprint density at radius 2 is 2.10 bits per heavy atom. The molecule has 0 aliphatic heterocycles. The van der Waals surface area contributed by atoms with E-state index in [9.17, 15) is 0 Å². The lowest BCUT2D eigenvalue weighted by Gasteiger charge is -2.10. The molecule has 0 fully saturated rings. The summed E-state index contributed by atoms with van der Waals surface area (Å²) in [6.45, 7) is 8.17. The zero-order valence-corrected chi connectivity index (χ0v) is 13.7. The Morgan fingerprint density at radius 1 is 1.30 bits per heavy atom. The summed E-state index contributed by atoms with van der Waals surface area (Å²) < 4.78 is 0. The number of hydrogen-bond acceptors (Lipinski definition) is 4. The highest BCUT2D eigenvalue weighted by Crippen LogP contribution is 2.31. The minimum atomic E-state index is 0.742. The van der Waals surface area contributed by atoms with Gasteiger partial charge >= 0.3 is 0 Å². The Morgan fingerprint density at radius 3 is 2.80 bits per heavy atom. The number of nitrogens with one attached hydrogen (secondary N) is 2. The van der Waals surface area contributed by atoms with Gasteiger partial charge in [-0.1, -0.05) is 24.6 Å². The van der Waals surface area contributed by atoms with Crippen molar-refractivity contribution >= 4 is 33.8 Å². The molecule has 1 aromatic heterocycles. The van der Waals surface area contributed by atoms with Crippen molar-refractivity contribution in [1.82, 2.24) is 10.3 Å². The van der Waals surface area contributed by atoms with E-state index in [4.69, 9.17) is 11.6 Å². The summed E-state index contributed by atoms with van der Waals surface area (Å²) in [6.07, 6.45) is 0.951. The van der Waals surface area contributed by atoms with E-state index >= 15 is 0 Å². The second-order valence-corrected chi connectivity index (χ2v) is 6.08. The van der Waals surface area contributed by atoms with Crippen molar-refractivity contribution in [2.45, 2.75) is 27.2 Å². The number of rotatable bonds is 6. The van der Waals surface area contributed by atoms with E-state index in [2.05, 4.69) is 40.9 Å². The molecule has 3 nitrogen and oxygen atoms in total. The summed E-state index contributed by atoms with van der Waals surface area (Å²) in [5.74, 6) is 0. The van der Waals surface area contributed by atoms with E-state index in [1.807, 2.05) is 13.0 Å². The van der Waals surface area contributed by atoms with Crippen molar-refractivity contribution in [2.75, 3.05) is 18.4 Å². The highest BCUT2D eigenvalue weighted by atomic mass is 35.5. The molecule has 0 atom stereocenters. The molecule has 2 rings (SSSR count). The Hall–Kier alpha value is -1.10. The standard InChI is InChI=1S/C15H20ClN3S/c1-4-17-6-5-12-9-20-15(18-12)19-14-11(3)7-10(2)8-13(14)16/h7-9,17H,4-6H2,1-3H3,(H,18,19). The SMILES string of the molecule is CCNCCc1csc(Nc2c(C)cc(C)cc2Cl)n1. The first-order chi connectivity index (χ1) is 9.60. The second kappa shape index (κ2) is 7.07. The highest BCUT2D eigenvalue weighted by molar-refractivity contribution is 7.13. The molecule has 0 spiro atoms. The fourth-order valence-electron chi connectivity index (χ4n) is 2.05. The highest BCUT2D eigenvalue weighted by Gasteiger charge is 2.08. The van der Waals surface area contributed by atoms with E-state index in [1.165, 1.54) is 5.56 Å². The number of nitrogens with zero attached hydrogens (tertiary/aromatic N) is 1. The molecule has 0 aliphatic rings. The van der Waals surface area contributed by atoms with Crippen molar-refractivity contribution in [1.29, 1.82) is 0 Å². The molecule has 0 saturated heterocycles. The third-order valence-electron chi connectivity index (χ3n) is 3.02. The maximum atomic E-state index is 6.30. The monoisotopic (exact) mass is 309 g/mol. The van der Waals surface area contributed by atoms with Gasteiger partial charge in [-0.05, 0) is 37.6 Å². The van der Waals surface area contributed by atoms with Crippen LogP contribution in [0.5, 0.6) is 0 Å². The van der Waals surface area contributed by atoms with Gasteiger partial charge in [-0.3, -0.25) is 0 Å². The molecule has 2 N–H and O–H groups in total. The average Bonchev–Trinajstić information content (AvgIpc) is 2.82. The van der Waals surface area contributed by atoms with Crippen LogP contribution >= 0.6 is 22.9 Å². The van der Waals surface area contributed by atoms with Crippen LogP contribution in [-0.4, -0.2) is 18.1 Å². The van der Waals surface area contributed by atoms with Gasteiger partial charge < -0.3 is 10.6 Å². The topological polar surface area (TPSA) is 37.0 Å². The Kier molecular flexibility index (Phi) is 5.40. The van der Waals surface area contributed by atoms with Crippen molar-refractivity contribution < 1.29 is 0 Å². The van der Waals surface area contributed by atoms with Crippen LogP contribution < -0.4 is 10.6 Å². The number of thiazole rings is 1. The van der Waals surface area contributed by atoms with Gasteiger partial charge in [0.15, 0.2) is 5.13 Å². The first-order valence-electron chi connectivity index (χ1n) is 6.79. The van der Waals surface area contributed by atoms with Crippen LogP contribution in [0.4, 0.5) is 10.8 Å². The summed E-state index contributed by atoms with van der Waals surface area (Å²) in [7, 11) is 0. The molecular formula is C15H20ClN3S. The zero-order chi connectivity index (χ0) is 14.5. The summed E-state index contributed by atoms with van der Waals surface area (Å²) in [5.41, 5.74) is 4.37. The third kappa shape index (κ3) is 3.95. The van der Waals surface area contributed by atoms with Gasteiger partial charge in [-0.15, -0.1) is 11.3 Å². The maximum absolute atomic E-state index is 6.30. The first-order valence-corrected chi connectivity index (χ1v) is 8.04. The zero-order valence-electron chi connectivity index (χ0n) is 12.1. The van der Waals surface area contributed by atoms with Gasteiger partial charge in [0.2, 0.25) is 0 Å². The average molecular weight is 310 g/mol. The van der Waals surface area contributed by atoms with Crippen molar-refractivity contribution in [2.24, 2.45) is 0 Å². The van der Waals surface area contributed by atoms with Gasteiger partial charge in [-0.25, -0.2) is 4.98 Å². The number of likely N-dealkylation sites (N-methyl/N-ethyl adjacent to an activating group) is 1. The van der Waals surface area contributed by atoms with E-state index in [0.29, 0.717) is 0 Å². The van der Waals surface area contributed by atoms with E-state index in [0.717, 1.165) is 46.6 Å². The molecular weight excluding hydrogens is 290 g/mol. The van der Waals surface area contributed by atoms with Crippen molar-refractivity contribution in [3.8, 4) is 0 Å². The summed E-state index contributed by atoms with van der Waals surface area (Å²) in [4.78, 5) is 4.59. The quantitative estimate of drug-likeness (QED) is 0.781. The van der Waals surface area contributed by atoms with Crippen LogP contribution in [0, 0.1) is 13.8 Å². The lowest BCUT2D eigenvalue weighted by atomic mass is 10.1. The lowest BCUT2D eigenvalue weighted by molar-refractivity contribution is 0.710. The fraction of sp³-hybridized carbons (Fsp3) is 0.400. The lowest BCUT2D eigenvalue weighted by Crippen LogP contribution is -2.16. The predicted molar refractivity (Wildman–Crippen MR) is 88.6 cm³/mol. The Balaban J connectivity index is 2.07. The van der Waals surface area contributed by atoms with Gasteiger partial charge in [0.05, 0.1) is 16.4 Å². The fourth-order valence-corrected chi connectivity index (χ4v) is 3.17. The maximum Gasteiger partial charge on any atom is 0.187 e. The van der Waals surface area contributed by atoms with E-state index in [1.54, 1.807) is 11.3 Å². The smallest absolute Gasteiger partial charge is 0.187 e. The third-order valence-corrected chi connectivity index (χ3v) is 4.13. The molecule has 0 saturated carbocycles. The van der Waals surface area contributed by atoms with Gasteiger partial charge in [0, 0.05) is 18.3 Å². The number of anilines is 2. The molecule has 0 amide bonds. The van der Waals surface area contributed by atoms with E-state index in [-0.39, 0.29) is 0 Å². The summed E-state index contributed by atoms with van der Waals surface area (Å²) >= 11 is 7.91. The van der Waals surface area contributed by atoms with E-state index < -0.39 is 0 Å². The number of aryl methyl sites for hydroxylation is 2. The minimum Gasteiger partial charge on any atom is -0.330 e. The normalized spacial score (nSPS) is 10.8. The van der Waals surface area contributed by atoms with Crippen molar-refractivity contribution in [3.63, 3.8) is 0 Å². The van der Waals surface area contributed by atoms with Crippen LogP contribution in [0.25, 0.3) is 0 Å². The predicted octanol–water partition coefficient (Wildman–Crippen LogP) is 4.31. The number of benzene rings is 1. The molecule has 1 heterocycles. The Bertz CT molecular complexity index is 557. The number of halogens is 1. The van der Waals surface area contributed by atoms with Crippen LogP contribution in [0.15, 0.2) is 17.5 Å². The Labute approximate surface area is 129 Å². The molecule has 108 valence electrons. The van der Waals surface area contributed by atoms with Crippen LogP contribution in [-0.2, 0) is 6.42 Å². The molecule has 0 unspecified atom stereocenters. The second-order valence-electron chi connectivity index (χ2n) is 4.81. The van der Waals surface area contributed by atoms with Gasteiger partial charge in [0.25, 0.3) is 0 Å². The largest absolute Gasteiger partial charge is 0.330 e. The molecule has 2 aromatic rings.